The fourth-order valence-corrected chi connectivity index (χ4v) is 2.24. The first kappa shape index (κ1) is 14.0. The molecule has 7 nitrogen and oxygen atoms in total. The summed E-state index contributed by atoms with van der Waals surface area (Å²) in [6.45, 7) is 3.52. The third-order valence-electron chi connectivity index (χ3n) is 3.33. The molecule has 0 saturated heterocycles. The molecule has 0 saturated carbocycles. The topological polar surface area (TPSA) is 90.0 Å². The number of aryl methyl sites for hydroxylation is 3. The molecule has 3 aromatic heterocycles. The van der Waals surface area contributed by atoms with Gasteiger partial charge in [0, 0.05) is 13.2 Å². The Morgan fingerprint density at radius 3 is 2.82 bits per heavy atom. The third-order valence-corrected chi connectivity index (χ3v) is 3.33. The van der Waals surface area contributed by atoms with E-state index in [1.807, 2.05) is 13.0 Å². The summed E-state index contributed by atoms with van der Waals surface area (Å²) in [5.41, 5.74) is 0.982. The number of carbonyl (C=O) groups excluding carboxylic acids is 1. The predicted octanol–water partition coefficient (Wildman–Crippen LogP) is 1.79. The number of nitrogens with one attached hydrogen (secondary N) is 1. The van der Waals surface area contributed by atoms with Crippen molar-refractivity contribution in [2.24, 2.45) is 7.05 Å². The molecule has 7 heteroatoms. The molecule has 0 unspecified atom stereocenters. The van der Waals surface area contributed by atoms with Gasteiger partial charge in [-0.3, -0.25) is 9.59 Å². The van der Waals surface area contributed by atoms with Crippen molar-refractivity contribution in [3.8, 4) is 0 Å². The Hall–Kier alpha value is -2.96. The van der Waals surface area contributed by atoms with Gasteiger partial charge in [0.2, 0.25) is 5.71 Å². The number of amides is 1. The van der Waals surface area contributed by atoms with Crippen LogP contribution in [0.3, 0.4) is 0 Å². The summed E-state index contributed by atoms with van der Waals surface area (Å²) >= 11 is 0. The van der Waals surface area contributed by atoms with Gasteiger partial charge in [-0.1, -0.05) is 0 Å². The first-order valence-electron chi connectivity index (χ1n) is 6.66. The van der Waals surface area contributed by atoms with E-state index in [4.69, 9.17) is 4.42 Å². The third kappa shape index (κ3) is 2.26. The normalized spacial score (nSPS) is 10.9. The standard InChI is InChI=1S/C15H14N4O3/c1-8-4-5-16-10(6-8)18-13(20)11-9(2)22-14-12(11)15(21)19(3)7-17-14/h4-7H,1-3H3,(H,16,18,20). The summed E-state index contributed by atoms with van der Waals surface area (Å²) in [6.07, 6.45) is 2.96. The summed E-state index contributed by atoms with van der Waals surface area (Å²) in [5.74, 6) is 0.315. The number of pyridine rings is 1. The van der Waals surface area contributed by atoms with Crippen LogP contribution in [0.15, 0.2) is 33.9 Å². The van der Waals surface area contributed by atoms with Crippen LogP contribution in [0.2, 0.25) is 0 Å². The smallest absolute Gasteiger partial charge is 0.265 e. The van der Waals surface area contributed by atoms with Gasteiger partial charge in [-0.2, -0.15) is 0 Å². The van der Waals surface area contributed by atoms with E-state index in [0.29, 0.717) is 11.6 Å². The molecule has 1 N–H and O–H groups in total. The summed E-state index contributed by atoms with van der Waals surface area (Å²) in [5, 5.41) is 2.85. The molecule has 0 spiro atoms. The van der Waals surface area contributed by atoms with Gasteiger partial charge in [0.1, 0.15) is 23.3 Å². The highest BCUT2D eigenvalue weighted by molar-refractivity contribution is 6.12. The Balaban J connectivity index is 2.10. The first-order valence-corrected chi connectivity index (χ1v) is 6.66. The minimum Gasteiger partial charge on any atom is -0.442 e. The Labute approximate surface area is 125 Å². The molecular weight excluding hydrogens is 284 g/mol. The summed E-state index contributed by atoms with van der Waals surface area (Å²) < 4.78 is 6.72. The highest BCUT2D eigenvalue weighted by Gasteiger charge is 2.22. The Bertz CT molecular complexity index is 940. The lowest BCUT2D eigenvalue weighted by molar-refractivity contribution is 0.102. The van der Waals surface area contributed by atoms with Crippen molar-refractivity contribution in [3.05, 3.63) is 51.9 Å². The van der Waals surface area contributed by atoms with E-state index in [1.54, 1.807) is 26.2 Å². The minimum atomic E-state index is -0.445. The number of rotatable bonds is 2. The summed E-state index contributed by atoms with van der Waals surface area (Å²) in [7, 11) is 1.57. The van der Waals surface area contributed by atoms with Crippen LogP contribution in [-0.2, 0) is 7.05 Å². The molecule has 0 aliphatic rings. The van der Waals surface area contributed by atoms with Gasteiger partial charge < -0.3 is 14.3 Å². The van der Waals surface area contributed by atoms with Gasteiger partial charge in [0.05, 0.1) is 5.56 Å². The average Bonchev–Trinajstić information content (AvgIpc) is 2.80. The highest BCUT2D eigenvalue weighted by Crippen LogP contribution is 2.21. The van der Waals surface area contributed by atoms with E-state index in [9.17, 15) is 9.59 Å². The Morgan fingerprint density at radius 1 is 1.32 bits per heavy atom. The molecule has 0 fully saturated rings. The first-order chi connectivity index (χ1) is 10.5. The molecular formula is C15H14N4O3. The van der Waals surface area contributed by atoms with Crippen LogP contribution in [0, 0.1) is 13.8 Å². The molecule has 22 heavy (non-hydrogen) atoms. The number of aromatic nitrogens is 3. The van der Waals surface area contributed by atoms with Gasteiger partial charge in [-0.15, -0.1) is 0 Å². The fraction of sp³-hybridized carbons (Fsp3) is 0.200. The molecule has 3 heterocycles. The van der Waals surface area contributed by atoms with Crippen LogP contribution in [-0.4, -0.2) is 20.4 Å². The average molecular weight is 298 g/mol. The van der Waals surface area contributed by atoms with Gasteiger partial charge in [0.15, 0.2) is 0 Å². The number of nitrogens with zero attached hydrogens (tertiary/aromatic N) is 3. The van der Waals surface area contributed by atoms with E-state index < -0.39 is 5.91 Å². The monoisotopic (exact) mass is 298 g/mol. The molecule has 1 amide bonds. The largest absolute Gasteiger partial charge is 0.442 e. The minimum absolute atomic E-state index is 0.156. The van der Waals surface area contributed by atoms with Crippen molar-refractivity contribution in [1.82, 2.24) is 14.5 Å². The van der Waals surface area contributed by atoms with Crippen molar-refractivity contribution < 1.29 is 9.21 Å². The second-order valence-electron chi connectivity index (χ2n) is 5.05. The number of carbonyl (C=O) groups is 1. The molecule has 112 valence electrons. The van der Waals surface area contributed by atoms with Crippen LogP contribution in [0.5, 0.6) is 0 Å². The van der Waals surface area contributed by atoms with Crippen LogP contribution in [0.1, 0.15) is 21.7 Å². The quantitative estimate of drug-likeness (QED) is 0.779. The van der Waals surface area contributed by atoms with Gasteiger partial charge in [-0.25, -0.2) is 9.97 Å². The zero-order valence-corrected chi connectivity index (χ0v) is 12.4. The van der Waals surface area contributed by atoms with Crippen molar-refractivity contribution >= 4 is 22.8 Å². The maximum atomic E-state index is 12.5. The van der Waals surface area contributed by atoms with Crippen molar-refractivity contribution in [3.63, 3.8) is 0 Å². The number of hydrogen-bond acceptors (Lipinski definition) is 5. The van der Waals surface area contributed by atoms with Crippen LogP contribution < -0.4 is 10.9 Å². The van der Waals surface area contributed by atoms with Crippen molar-refractivity contribution in [2.45, 2.75) is 13.8 Å². The zero-order valence-electron chi connectivity index (χ0n) is 12.4. The lowest BCUT2D eigenvalue weighted by atomic mass is 10.1. The number of furan rings is 1. The van der Waals surface area contributed by atoms with Gasteiger partial charge in [-0.05, 0) is 31.5 Å². The zero-order chi connectivity index (χ0) is 15.9. The molecule has 0 atom stereocenters. The maximum Gasteiger partial charge on any atom is 0.265 e. The predicted molar refractivity (Wildman–Crippen MR) is 80.9 cm³/mol. The molecule has 0 radical (unpaired) electrons. The molecule has 3 rings (SSSR count). The van der Waals surface area contributed by atoms with Crippen molar-refractivity contribution in [2.75, 3.05) is 5.32 Å². The number of fused-ring (bicyclic) bond motifs is 1. The lowest BCUT2D eigenvalue weighted by Crippen LogP contribution is -2.20. The Kier molecular flexibility index (Phi) is 3.25. The lowest BCUT2D eigenvalue weighted by Gasteiger charge is -2.04. The second kappa shape index (κ2) is 5.10. The number of anilines is 1. The molecule has 0 aliphatic heterocycles. The maximum absolute atomic E-state index is 12.5. The molecule has 0 aromatic carbocycles. The van der Waals surface area contributed by atoms with E-state index >= 15 is 0 Å². The fourth-order valence-electron chi connectivity index (χ4n) is 2.24. The van der Waals surface area contributed by atoms with Gasteiger partial charge >= 0.3 is 0 Å². The van der Waals surface area contributed by atoms with E-state index in [1.165, 1.54) is 10.9 Å². The van der Waals surface area contributed by atoms with E-state index in [-0.39, 0.29) is 22.2 Å². The van der Waals surface area contributed by atoms with Crippen LogP contribution >= 0.6 is 0 Å². The second-order valence-corrected chi connectivity index (χ2v) is 5.05. The Morgan fingerprint density at radius 2 is 2.09 bits per heavy atom. The summed E-state index contributed by atoms with van der Waals surface area (Å²) in [4.78, 5) is 32.8. The van der Waals surface area contributed by atoms with Crippen LogP contribution in [0.25, 0.3) is 11.1 Å². The van der Waals surface area contributed by atoms with Gasteiger partial charge in [0.25, 0.3) is 11.5 Å². The van der Waals surface area contributed by atoms with E-state index in [0.717, 1.165) is 5.56 Å². The van der Waals surface area contributed by atoms with E-state index in [2.05, 4.69) is 15.3 Å². The number of hydrogen-bond donors (Lipinski definition) is 1. The van der Waals surface area contributed by atoms with Crippen LogP contribution in [0.4, 0.5) is 5.82 Å². The summed E-state index contributed by atoms with van der Waals surface area (Å²) in [6, 6.07) is 3.57. The highest BCUT2D eigenvalue weighted by atomic mass is 16.3. The SMILES string of the molecule is Cc1ccnc(NC(=O)c2c(C)oc3ncn(C)c(=O)c23)c1. The molecule has 3 aromatic rings. The molecule has 0 bridgehead atoms. The van der Waals surface area contributed by atoms with Crippen molar-refractivity contribution in [1.29, 1.82) is 0 Å². The molecule has 0 aliphatic carbocycles.